The number of nitrogens with zero attached hydrogens (tertiary/aromatic N) is 2. The molecule has 2 unspecified atom stereocenters. The second-order valence-electron chi connectivity index (χ2n) is 16.2. The van der Waals surface area contributed by atoms with Gasteiger partial charge in [0.2, 0.25) is 0 Å². The molecule has 2 heterocycles. The third kappa shape index (κ3) is 13.5. The summed E-state index contributed by atoms with van der Waals surface area (Å²) in [5.74, 6) is -7.13. The number of hydrogen-bond acceptors (Lipinski definition) is 9. The molecule has 17 heteroatoms. The smallest absolute Gasteiger partial charge is 0.410 e. The van der Waals surface area contributed by atoms with Gasteiger partial charge in [0.25, 0.3) is 11.8 Å². The molecule has 4 amide bonds. The number of rotatable bonds is 10. The minimum absolute atomic E-state index is 0.0360. The molecule has 0 aliphatic carbocycles. The second kappa shape index (κ2) is 19.6. The van der Waals surface area contributed by atoms with Gasteiger partial charge in [0.05, 0.1) is 13.1 Å². The van der Waals surface area contributed by atoms with E-state index in [9.17, 15) is 41.8 Å². The van der Waals surface area contributed by atoms with Crippen LogP contribution in [0.1, 0.15) is 78.4 Å². The summed E-state index contributed by atoms with van der Waals surface area (Å²) in [5.41, 5.74) is -4.32. The van der Waals surface area contributed by atoms with Gasteiger partial charge in [0.1, 0.15) is 42.1 Å². The van der Waals surface area contributed by atoms with E-state index in [1.54, 1.807) is 96.1 Å². The fourth-order valence-electron chi connectivity index (χ4n) is 6.28. The van der Waals surface area contributed by atoms with Crippen LogP contribution in [0.4, 0.5) is 36.7 Å². The fourth-order valence-corrected chi connectivity index (χ4v) is 6.28. The first kappa shape index (κ1) is 47.3. The number of hydrogen-bond donors (Lipinski definition) is 3. The highest BCUT2D eigenvalue weighted by Crippen LogP contribution is 2.39. The molecule has 4 rings (SSSR count). The predicted molar refractivity (Wildman–Crippen MR) is 206 cm³/mol. The van der Waals surface area contributed by atoms with Gasteiger partial charge in [0, 0.05) is 13.1 Å². The molecule has 2 aliphatic heterocycles. The van der Waals surface area contributed by atoms with E-state index >= 15 is 0 Å². The van der Waals surface area contributed by atoms with Gasteiger partial charge >= 0.3 is 24.4 Å². The van der Waals surface area contributed by atoms with Crippen LogP contribution in [-0.4, -0.2) is 106 Å². The van der Waals surface area contributed by atoms with Crippen molar-refractivity contribution in [1.29, 1.82) is 0 Å². The maximum Gasteiger partial charge on any atom is 0.410 e. The van der Waals surface area contributed by atoms with Crippen molar-refractivity contribution in [3.8, 4) is 0 Å². The van der Waals surface area contributed by atoms with Crippen molar-refractivity contribution < 1.29 is 60.8 Å². The minimum atomic E-state index is -3.67. The van der Waals surface area contributed by atoms with Gasteiger partial charge in [-0.1, -0.05) is 67.2 Å². The Hall–Kier alpha value is -5.06. The number of amides is 4. The highest BCUT2D eigenvalue weighted by atomic mass is 19.3. The molecule has 0 aromatic heterocycles. The first-order chi connectivity index (χ1) is 27.0. The molecule has 13 nitrogen and oxygen atoms in total. The lowest BCUT2D eigenvalue weighted by molar-refractivity contribution is -0.140. The van der Waals surface area contributed by atoms with E-state index in [4.69, 9.17) is 18.9 Å². The van der Waals surface area contributed by atoms with Gasteiger partial charge in [-0.15, -0.1) is 0 Å². The normalized spacial score (nSPS) is 20.1. The molecule has 2 aromatic carbocycles. The molecule has 3 N–H and O–H groups in total. The van der Waals surface area contributed by atoms with Crippen LogP contribution in [0.15, 0.2) is 73.3 Å². The largest absolute Gasteiger partial charge is 0.445 e. The van der Waals surface area contributed by atoms with Crippen LogP contribution in [0.2, 0.25) is 0 Å². The number of aliphatic hydroxyl groups excluding tert-OH is 1. The van der Waals surface area contributed by atoms with E-state index < -0.39 is 78.2 Å². The molecular weight excluding hydrogens is 768 g/mol. The molecule has 0 radical (unpaired) electrons. The molecule has 322 valence electrons. The van der Waals surface area contributed by atoms with Gasteiger partial charge < -0.3 is 44.5 Å². The topological polar surface area (TPSA) is 156 Å². The summed E-state index contributed by atoms with van der Waals surface area (Å²) in [6.45, 7) is 11.2. The molecule has 2 fully saturated rings. The van der Waals surface area contributed by atoms with Crippen LogP contribution in [0.25, 0.3) is 0 Å². The lowest BCUT2D eigenvalue weighted by Crippen LogP contribution is -2.69. The van der Waals surface area contributed by atoms with Crippen LogP contribution >= 0.6 is 0 Å². The SMILES string of the molecule is C=CC(F)(F)C1(NC(=O)OCc2ccccc2)CCCN(C(=O)OC(C)(C)C)C1.CC(C)(C)OC(=O)N1CCCC(NC(=O)OCc2ccccc2)(C(F)(F)CO)C1. The molecule has 2 aromatic rings. The zero-order valence-corrected chi connectivity index (χ0v) is 34.0. The van der Waals surface area contributed by atoms with E-state index in [1.807, 2.05) is 6.07 Å². The summed E-state index contributed by atoms with van der Waals surface area (Å²) >= 11 is 0. The van der Waals surface area contributed by atoms with Crippen molar-refractivity contribution in [3.63, 3.8) is 0 Å². The number of nitrogens with one attached hydrogen (secondary N) is 2. The van der Waals surface area contributed by atoms with Gasteiger partial charge in [-0.05, 0) is 84.4 Å². The molecule has 58 heavy (non-hydrogen) atoms. The van der Waals surface area contributed by atoms with Crippen molar-refractivity contribution in [1.82, 2.24) is 20.4 Å². The average molecular weight is 825 g/mol. The van der Waals surface area contributed by atoms with Gasteiger partial charge in [0.15, 0.2) is 0 Å². The van der Waals surface area contributed by atoms with Crippen molar-refractivity contribution in [2.24, 2.45) is 0 Å². The molecule has 0 bridgehead atoms. The number of halogens is 4. The van der Waals surface area contributed by atoms with E-state index in [-0.39, 0.29) is 52.0 Å². The number of alkyl carbamates (subject to hydrolysis) is 2. The Bertz CT molecular complexity index is 1690. The van der Waals surface area contributed by atoms with Crippen molar-refractivity contribution in [3.05, 3.63) is 84.4 Å². The molecule has 2 aliphatic rings. The monoisotopic (exact) mass is 824 g/mol. The Balaban J connectivity index is 0.000000310. The Morgan fingerprint density at radius 1 is 0.707 bits per heavy atom. The maximum absolute atomic E-state index is 14.8. The Kier molecular flexibility index (Phi) is 16.0. The Morgan fingerprint density at radius 2 is 1.09 bits per heavy atom. The number of benzene rings is 2. The predicted octanol–water partition coefficient (Wildman–Crippen LogP) is 7.81. The molecule has 0 saturated carbocycles. The van der Waals surface area contributed by atoms with E-state index in [2.05, 4.69) is 17.2 Å². The van der Waals surface area contributed by atoms with Crippen molar-refractivity contribution in [2.75, 3.05) is 32.8 Å². The van der Waals surface area contributed by atoms with Crippen molar-refractivity contribution in [2.45, 2.75) is 115 Å². The zero-order chi connectivity index (χ0) is 43.4. The maximum atomic E-state index is 14.8. The number of ether oxygens (including phenoxy) is 4. The van der Waals surface area contributed by atoms with Crippen LogP contribution in [0.3, 0.4) is 0 Å². The quantitative estimate of drug-likeness (QED) is 0.124. The highest BCUT2D eigenvalue weighted by Gasteiger charge is 2.58. The summed E-state index contributed by atoms with van der Waals surface area (Å²) in [5, 5.41) is 13.8. The first-order valence-corrected chi connectivity index (χ1v) is 18.9. The number of likely N-dealkylation sites (tertiary alicyclic amines) is 2. The third-order valence-corrected chi connectivity index (χ3v) is 9.19. The Morgan fingerprint density at radius 3 is 1.47 bits per heavy atom. The molecule has 0 spiro atoms. The van der Waals surface area contributed by atoms with Gasteiger partial charge in [-0.3, -0.25) is 0 Å². The number of aliphatic hydroxyl groups is 1. The lowest BCUT2D eigenvalue weighted by atomic mass is 9.83. The number of carbonyl (C=O) groups excluding carboxylic acids is 4. The third-order valence-electron chi connectivity index (χ3n) is 9.19. The van der Waals surface area contributed by atoms with Crippen LogP contribution < -0.4 is 10.6 Å². The van der Waals surface area contributed by atoms with Gasteiger partial charge in [-0.25, -0.2) is 28.0 Å². The van der Waals surface area contributed by atoms with Crippen LogP contribution in [-0.2, 0) is 32.2 Å². The van der Waals surface area contributed by atoms with Crippen molar-refractivity contribution >= 4 is 24.4 Å². The summed E-state index contributed by atoms with van der Waals surface area (Å²) in [6, 6.07) is 17.7. The van der Waals surface area contributed by atoms with Crippen LogP contribution in [0, 0.1) is 0 Å². The Labute approximate surface area is 337 Å². The van der Waals surface area contributed by atoms with E-state index in [0.29, 0.717) is 11.6 Å². The standard InChI is InChI=1S/C21H28F2N2O4.C20H28F2N2O5/c1-5-21(22,23)20(24-17(26)28-14-16-10-7-6-8-11-16)12-9-13-25(15-20)18(27)29-19(2,3)4;1-18(2,3)29-17(27)24-11-7-10-19(13-24,20(21,22)14-25)23-16(26)28-12-15-8-5-4-6-9-15/h5-8,10-11H,1,9,12-15H2,2-4H3,(H,24,26);4-6,8-9,25H,7,10-14H2,1-3H3,(H,23,26). The highest BCUT2D eigenvalue weighted by molar-refractivity contribution is 5.72. The molecule has 2 saturated heterocycles. The summed E-state index contributed by atoms with van der Waals surface area (Å²) in [6.07, 6.45) is -2.70. The summed E-state index contributed by atoms with van der Waals surface area (Å²) in [4.78, 5) is 51.7. The number of piperidine rings is 2. The van der Waals surface area contributed by atoms with E-state index in [0.717, 1.165) is 10.5 Å². The number of alkyl halides is 4. The minimum Gasteiger partial charge on any atom is -0.445 e. The average Bonchev–Trinajstić information content (AvgIpc) is 3.16. The lowest BCUT2D eigenvalue weighted by Gasteiger charge is -2.46. The molecule has 2 atom stereocenters. The van der Waals surface area contributed by atoms with Crippen LogP contribution in [0.5, 0.6) is 0 Å². The second-order valence-corrected chi connectivity index (χ2v) is 16.2. The zero-order valence-electron chi connectivity index (χ0n) is 34.0. The van der Waals surface area contributed by atoms with E-state index in [1.165, 1.54) is 4.90 Å². The summed E-state index contributed by atoms with van der Waals surface area (Å²) in [7, 11) is 0. The first-order valence-electron chi connectivity index (χ1n) is 18.9. The summed E-state index contributed by atoms with van der Waals surface area (Å²) < 4.78 is 79.8. The fraction of sp³-hybridized carbons (Fsp3) is 0.561. The van der Waals surface area contributed by atoms with Gasteiger partial charge in [-0.2, -0.15) is 8.78 Å². The number of carbonyl (C=O) groups is 4. The molecular formula is C41H56F4N4O9.